The molecule has 0 spiro atoms. The molecule has 0 aliphatic rings. The SMILES string of the molecule is Cc1cc(CNCCNCC(C)C)sc1C. The molecule has 0 atom stereocenters. The van der Waals surface area contributed by atoms with Gasteiger partial charge in [0.05, 0.1) is 0 Å². The molecule has 0 saturated heterocycles. The van der Waals surface area contributed by atoms with Crippen LogP contribution in [0.1, 0.15) is 29.2 Å². The van der Waals surface area contributed by atoms with E-state index in [2.05, 4.69) is 44.4 Å². The minimum Gasteiger partial charge on any atom is -0.315 e. The number of rotatable bonds is 7. The van der Waals surface area contributed by atoms with Gasteiger partial charge in [-0.05, 0) is 37.9 Å². The molecule has 0 bridgehead atoms. The maximum Gasteiger partial charge on any atom is 0.0300 e. The van der Waals surface area contributed by atoms with Crippen LogP contribution in [0.3, 0.4) is 0 Å². The van der Waals surface area contributed by atoms with Gasteiger partial charge in [-0.25, -0.2) is 0 Å². The van der Waals surface area contributed by atoms with Gasteiger partial charge in [0.15, 0.2) is 0 Å². The van der Waals surface area contributed by atoms with Gasteiger partial charge in [-0.1, -0.05) is 13.8 Å². The molecule has 2 nitrogen and oxygen atoms in total. The van der Waals surface area contributed by atoms with Gasteiger partial charge in [0.2, 0.25) is 0 Å². The minimum absolute atomic E-state index is 0.739. The lowest BCUT2D eigenvalue weighted by molar-refractivity contribution is 0.536. The highest BCUT2D eigenvalue weighted by molar-refractivity contribution is 7.12. The third-order valence-electron chi connectivity index (χ3n) is 2.55. The number of hydrogen-bond acceptors (Lipinski definition) is 3. The van der Waals surface area contributed by atoms with E-state index in [9.17, 15) is 0 Å². The Hall–Kier alpha value is -0.380. The van der Waals surface area contributed by atoms with Crippen LogP contribution in [0, 0.1) is 19.8 Å². The highest BCUT2D eigenvalue weighted by Crippen LogP contribution is 2.19. The fraction of sp³-hybridized carbons (Fsp3) is 0.692. The third-order valence-corrected chi connectivity index (χ3v) is 3.70. The van der Waals surface area contributed by atoms with Gasteiger partial charge >= 0.3 is 0 Å². The summed E-state index contributed by atoms with van der Waals surface area (Å²) in [7, 11) is 0. The Morgan fingerprint density at radius 1 is 1.19 bits per heavy atom. The first-order valence-electron chi connectivity index (χ1n) is 6.07. The van der Waals surface area contributed by atoms with Crippen molar-refractivity contribution in [2.24, 2.45) is 5.92 Å². The molecular formula is C13H24N2S. The molecule has 16 heavy (non-hydrogen) atoms. The predicted molar refractivity (Wildman–Crippen MR) is 73.2 cm³/mol. The van der Waals surface area contributed by atoms with Gasteiger partial charge < -0.3 is 10.6 Å². The van der Waals surface area contributed by atoms with Crippen LogP contribution in [-0.4, -0.2) is 19.6 Å². The number of hydrogen-bond donors (Lipinski definition) is 2. The lowest BCUT2D eigenvalue weighted by Gasteiger charge is -2.07. The summed E-state index contributed by atoms with van der Waals surface area (Å²) < 4.78 is 0. The van der Waals surface area contributed by atoms with E-state index in [1.165, 1.54) is 15.3 Å². The molecule has 1 heterocycles. The molecule has 0 unspecified atom stereocenters. The maximum atomic E-state index is 3.46. The summed E-state index contributed by atoms with van der Waals surface area (Å²) in [6.45, 7) is 13.0. The quantitative estimate of drug-likeness (QED) is 0.716. The van der Waals surface area contributed by atoms with E-state index in [1.807, 2.05) is 11.3 Å². The molecule has 0 aliphatic heterocycles. The molecule has 0 saturated carbocycles. The molecule has 1 rings (SSSR count). The van der Waals surface area contributed by atoms with E-state index in [0.717, 1.165) is 32.1 Å². The fourth-order valence-electron chi connectivity index (χ4n) is 1.52. The average Bonchev–Trinajstić information content (AvgIpc) is 2.52. The summed E-state index contributed by atoms with van der Waals surface area (Å²) in [6, 6.07) is 2.29. The van der Waals surface area contributed by atoms with E-state index in [1.54, 1.807) is 0 Å². The molecular weight excluding hydrogens is 216 g/mol. The summed E-state index contributed by atoms with van der Waals surface area (Å²) in [5.41, 5.74) is 1.42. The largest absolute Gasteiger partial charge is 0.315 e. The first-order chi connectivity index (χ1) is 7.59. The van der Waals surface area contributed by atoms with Gasteiger partial charge in [-0.15, -0.1) is 11.3 Å². The lowest BCUT2D eigenvalue weighted by Crippen LogP contribution is -2.29. The van der Waals surface area contributed by atoms with E-state index in [-0.39, 0.29) is 0 Å². The van der Waals surface area contributed by atoms with Crippen molar-refractivity contribution in [2.75, 3.05) is 19.6 Å². The Bertz CT molecular complexity index is 285. The predicted octanol–water partition coefficient (Wildman–Crippen LogP) is 2.70. The zero-order valence-corrected chi connectivity index (χ0v) is 11.7. The van der Waals surface area contributed by atoms with E-state index in [4.69, 9.17) is 0 Å². The third kappa shape index (κ3) is 5.10. The van der Waals surface area contributed by atoms with Crippen LogP contribution >= 0.6 is 11.3 Å². The van der Waals surface area contributed by atoms with Gasteiger partial charge in [0, 0.05) is 29.4 Å². The second-order valence-corrected chi connectivity index (χ2v) is 6.07. The zero-order chi connectivity index (χ0) is 12.0. The van der Waals surface area contributed by atoms with Crippen molar-refractivity contribution in [3.63, 3.8) is 0 Å². The van der Waals surface area contributed by atoms with Crippen LogP contribution in [0.4, 0.5) is 0 Å². The van der Waals surface area contributed by atoms with Crippen LogP contribution in [-0.2, 0) is 6.54 Å². The van der Waals surface area contributed by atoms with Crippen molar-refractivity contribution in [1.82, 2.24) is 10.6 Å². The Labute approximate surface area is 103 Å². The summed E-state index contributed by atoms with van der Waals surface area (Å²) in [6.07, 6.45) is 0. The Kier molecular flexibility index (Phi) is 6.03. The number of aryl methyl sites for hydroxylation is 2. The second-order valence-electron chi connectivity index (χ2n) is 4.73. The maximum absolute atomic E-state index is 3.46. The molecule has 0 amide bonds. The molecule has 0 aromatic carbocycles. The lowest BCUT2D eigenvalue weighted by atomic mass is 10.2. The standard InChI is InChI=1S/C13H24N2S/c1-10(2)8-14-5-6-15-9-13-7-11(3)12(4)16-13/h7,10,14-15H,5-6,8-9H2,1-4H3. The molecule has 3 heteroatoms. The van der Waals surface area contributed by atoms with E-state index in [0.29, 0.717) is 0 Å². The topological polar surface area (TPSA) is 24.1 Å². The van der Waals surface area contributed by atoms with Crippen molar-refractivity contribution in [3.05, 3.63) is 21.4 Å². The van der Waals surface area contributed by atoms with Crippen molar-refractivity contribution >= 4 is 11.3 Å². The monoisotopic (exact) mass is 240 g/mol. The number of nitrogens with one attached hydrogen (secondary N) is 2. The Balaban J connectivity index is 2.07. The fourth-order valence-corrected chi connectivity index (χ4v) is 2.54. The summed E-state index contributed by atoms with van der Waals surface area (Å²) in [5.74, 6) is 0.739. The van der Waals surface area contributed by atoms with Gasteiger partial charge in [0.1, 0.15) is 0 Å². The summed E-state index contributed by atoms with van der Waals surface area (Å²) in [5, 5.41) is 6.89. The van der Waals surface area contributed by atoms with Crippen molar-refractivity contribution in [2.45, 2.75) is 34.2 Å². The summed E-state index contributed by atoms with van der Waals surface area (Å²) >= 11 is 1.90. The first-order valence-corrected chi connectivity index (χ1v) is 6.88. The van der Waals surface area contributed by atoms with Crippen LogP contribution in [0.2, 0.25) is 0 Å². The second kappa shape index (κ2) is 7.05. The number of thiophene rings is 1. The molecule has 0 fully saturated rings. The van der Waals surface area contributed by atoms with Crippen molar-refractivity contribution < 1.29 is 0 Å². The van der Waals surface area contributed by atoms with Crippen LogP contribution in [0.25, 0.3) is 0 Å². The van der Waals surface area contributed by atoms with Crippen LogP contribution in [0.15, 0.2) is 6.07 Å². The Morgan fingerprint density at radius 2 is 1.88 bits per heavy atom. The summed E-state index contributed by atoms with van der Waals surface area (Å²) in [4.78, 5) is 2.88. The van der Waals surface area contributed by atoms with E-state index < -0.39 is 0 Å². The molecule has 0 radical (unpaired) electrons. The van der Waals surface area contributed by atoms with E-state index >= 15 is 0 Å². The van der Waals surface area contributed by atoms with Gasteiger partial charge in [-0.3, -0.25) is 0 Å². The highest BCUT2D eigenvalue weighted by atomic mass is 32.1. The van der Waals surface area contributed by atoms with Crippen LogP contribution < -0.4 is 10.6 Å². The first kappa shape index (κ1) is 13.7. The van der Waals surface area contributed by atoms with Crippen molar-refractivity contribution in [1.29, 1.82) is 0 Å². The zero-order valence-electron chi connectivity index (χ0n) is 10.9. The van der Waals surface area contributed by atoms with Crippen LogP contribution in [0.5, 0.6) is 0 Å². The van der Waals surface area contributed by atoms with Gasteiger partial charge in [-0.2, -0.15) is 0 Å². The minimum atomic E-state index is 0.739. The molecule has 92 valence electrons. The van der Waals surface area contributed by atoms with Gasteiger partial charge in [0.25, 0.3) is 0 Å². The molecule has 2 N–H and O–H groups in total. The molecule has 0 aliphatic carbocycles. The van der Waals surface area contributed by atoms with Crippen molar-refractivity contribution in [3.8, 4) is 0 Å². The smallest absolute Gasteiger partial charge is 0.0300 e. The molecule has 1 aromatic rings. The normalized spacial score (nSPS) is 11.3. The average molecular weight is 240 g/mol. The Morgan fingerprint density at radius 3 is 2.44 bits per heavy atom. The molecule has 1 aromatic heterocycles. The highest BCUT2D eigenvalue weighted by Gasteiger charge is 2.00.